The number of carbonyl (C=O) groups is 1. The van der Waals surface area contributed by atoms with Gasteiger partial charge in [0, 0.05) is 6.21 Å². The van der Waals surface area contributed by atoms with E-state index in [0.29, 0.717) is 29.2 Å². The molecular weight excluding hydrogens is 481 g/mol. The third kappa shape index (κ3) is 8.38. The van der Waals surface area contributed by atoms with Crippen molar-refractivity contribution < 1.29 is 23.4 Å². The lowest BCUT2D eigenvalue weighted by Gasteiger charge is -2.11. The fourth-order valence-electron chi connectivity index (χ4n) is 3.48. The molecule has 5 nitrogen and oxygen atoms in total. The zero-order valence-electron chi connectivity index (χ0n) is 20.6. The van der Waals surface area contributed by atoms with Gasteiger partial charge in [0.25, 0.3) is 0 Å². The number of esters is 1. The van der Waals surface area contributed by atoms with Crippen molar-refractivity contribution in [1.29, 1.82) is 0 Å². The van der Waals surface area contributed by atoms with Gasteiger partial charge in [-0.2, -0.15) is 0 Å². The highest BCUT2D eigenvalue weighted by molar-refractivity contribution is 6.31. The van der Waals surface area contributed by atoms with Gasteiger partial charge in [-0.25, -0.2) is 9.18 Å². The molecule has 0 bridgehead atoms. The molecule has 0 amide bonds. The van der Waals surface area contributed by atoms with E-state index in [1.165, 1.54) is 51.0 Å². The molecule has 0 spiro atoms. The van der Waals surface area contributed by atoms with E-state index < -0.39 is 11.8 Å². The molecule has 0 aliphatic heterocycles. The first-order valence-electron chi connectivity index (χ1n) is 12.1. The maximum absolute atomic E-state index is 13.3. The Bertz CT molecular complexity index is 1160. The lowest BCUT2D eigenvalue weighted by molar-refractivity contribution is 0.0729. The van der Waals surface area contributed by atoms with Gasteiger partial charge in [0.2, 0.25) is 0 Å². The Kier molecular flexibility index (Phi) is 10.8. The highest BCUT2D eigenvalue weighted by atomic mass is 35.5. The fraction of sp³-hybridized carbons (Fsp3) is 0.310. The second-order valence-corrected chi connectivity index (χ2v) is 8.70. The highest BCUT2D eigenvalue weighted by Gasteiger charge is 2.13. The summed E-state index contributed by atoms with van der Waals surface area (Å²) in [6.07, 6.45) is 8.82. The molecule has 0 heterocycles. The maximum Gasteiger partial charge on any atom is 0.343 e. The number of methoxy groups -OCH3 is 1. The zero-order valence-corrected chi connectivity index (χ0v) is 21.4. The van der Waals surface area contributed by atoms with Gasteiger partial charge < -0.3 is 14.2 Å². The van der Waals surface area contributed by atoms with Crippen molar-refractivity contribution in [3.63, 3.8) is 0 Å². The quantitative estimate of drug-likeness (QED) is 0.100. The van der Waals surface area contributed by atoms with Crippen LogP contribution in [-0.4, -0.2) is 25.9 Å². The number of carbonyl (C=O) groups excluding carboxylic acids is 1. The Labute approximate surface area is 216 Å². The summed E-state index contributed by atoms with van der Waals surface area (Å²) in [6, 6.07) is 16.2. The fourth-order valence-corrected chi connectivity index (χ4v) is 3.66. The molecule has 7 heteroatoms. The molecule has 3 aromatic rings. The largest absolute Gasteiger partial charge is 0.494 e. The Hall–Kier alpha value is -3.38. The second kappa shape index (κ2) is 14.2. The lowest BCUT2D eigenvalue weighted by atomic mass is 10.1. The molecule has 0 unspecified atom stereocenters. The molecule has 0 atom stereocenters. The molecule has 0 fully saturated rings. The van der Waals surface area contributed by atoms with Crippen molar-refractivity contribution in [3.8, 4) is 17.2 Å². The smallest absolute Gasteiger partial charge is 0.343 e. The Morgan fingerprint density at radius 2 is 1.69 bits per heavy atom. The van der Waals surface area contributed by atoms with Crippen LogP contribution < -0.4 is 14.2 Å². The van der Waals surface area contributed by atoms with E-state index >= 15 is 0 Å². The third-order valence-electron chi connectivity index (χ3n) is 5.51. The van der Waals surface area contributed by atoms with Crippen LogP contribution in [0.25, 0.3) is 0 Å². The first-order chi connectivity index (χ1) is 17.5. The number of hydrogen-bond donors (Lipinski definition) is 0. The molecule has 36 heavy (non-hydrogen) atoms. The van der Waals surface area contributed by atoms with Crippen molar-refractivity contribution in [2.75, 3.05) is 13.7 Å². The molecular formula is C29H31ClFNO4. The summed E-state index contributed by atoms with van der Waals surface area (Å²) in [7, 11) is 1.49. The summed E-state index contributed by atoms with van der Waals surface area (Å²) in [5.74, 6) is 0.386. The zero-order chi connectivity index (χ0) is 25.8. The van der Waals surface area contributed by atoms with Gasteiger partial charge in [0.05, 0.1) is 30.0 Å². The van der Waals surface area contributed by atoms with Crippen molar-refractivity contribution in [3.05, 3.63) is 82.6 Å². The average molecular weight is 512 g/mol. The first-order valence-corrected chi connectivity index (χ1v) is 12.5. The van der Waals surface area contributed by atoms with E-state index in [4.69, 9.17) is 25.8 Å². The number of nitrogens with zero attached hydrogens (tertiary/aromatic N) is 1. The molecule has 0 radical (unpaired) electrons. The molecule has 0 N–H and O–H groups in total. The van der Waals surface area contributed by atoms with Crippen molar-refractivity contribution in [2.24, 2.45) is 4.99 Å². The van der Waals surface area contributed by atoms with Crippen LogP contribution in [0.3, 0.4) is 0 Å². The van der Waals surface area contributed by atoms with Crippen LogP contribution in [0.2, 0.25) is 5.02 Å². The number of aliphatic imine (C=N–C) groups is 1. The van der Waals surface area contributed by atoms with Crippen LogP contribution in [0.15, 0.2) is 65.7 Å². The van der Waals surface area contributed by atoms with Crippen LogP contribution in [0.1, 0.15) is 61.4 Å². The summed E-state index contributed by atoms with van der Waals surface area (Å²) < 4.78 is 30.0. The highest BCUT2D eigenvalue weighted by Crippen LogP contribution is 2.29. The molecule has 0 aliphatic carbocycles. The molecule has 190 valence electrons. The predicted molar refractivity (Wildman–Crippen MR) is 142 cm³/mol. The molecule has 0 aliphatic rings. The van der Waals surface area contributed by atoms with Crippen LogP contribution in [-0.2, 0) is 0 Å². The van der Waals surface area contributed by atoms with Gasteiger partial charge in [0.15, 0.2) is 11.5 Å². The predicted octanol–water partition coefficient (Wildman–Crippen LogP) is 8.20. The second-order valence-electron chi connectivity index (χ2n) is 8.30. The van der Waals surface area contributed by atoms with Gasteiger partial charge >= 0.3 is 5.97 Å². The van der Waals surface area contributed by atoms with Gasteiger partial charge in [-0.15, -0.1) is 0 Å². The number of benzene rings is 3. The molecule has 3 aromatic carbocycles. The minimum atomic E-state index is -0.502. The Morgan fingerprint density at radius 3 is 2.42 bits per heavy atom. The van der Waals surface area contributed by atoms with Crippen LogP contribution >= 0.6 is 11.6 Å². The summed E-state index contributed by atoms with van der Waals surface area (Å²) in [4.78, 5) is 16.9. The standard InChI is InChI=1S/C29H31ClFNO4/c1-3-4-5-6-7-8-17-35-24-13-10-22(11-14-24)29(33)36-27-16-9-21(18-28(27)34-2)20-32-23-12-15-26(31)25(30)19-23/h9-16,18-20H,3-8,17H2,1-2H3. The van der Waals surface area contributed by atoms with E-state index in [-0.39, 0.29) is 10.8 Å². The summed E-state index contributed by atoms with van der Waals surface area (Å²) in [5.41, 5.74) is 1.62. The van der Waals surface area contributed by atoms with Crippen LogP contribution in [0, 0.1) is 5.82 Å². The minimum absolute atomic E-state index is 0.00175. The van der Waals surface area contributed by atoms with Gasteiger partial charge in [-0.1, -0.05) is 50.6 Å². The molecule has 0 aromatic heterocycles. The van der Waals surface area contributed by atoms with Crippen molar-refractivity contribution in [1.82, 2.24) is 0 Å². The van der Waals surface area contributed by atoms with Crippen LogP contribution in [0.5, 0.6) is 17.2 Å². The summed E-state index contributed by atoms with van der Waals surface area (Å²) in [6.45, 7) is 2.87. The van der Waals surface area contributed by atoms with Crippen molar-refractivity contribution in [2.45, 2.75) is 45.4 Å². The van der Waals surface area contributed by atoms with Crippen LogP contribution in [0.4, 0.5) is 10.1 Å². The normalized spacial score (nSPS) is 11.0. The monoisotopic (exact) mass is 511 g/mol. The number of hydrogen-bond acceptors (Lipinski definition) is 5. The summed E-state index contributed by atoms with van der Waals surface area (Å²) >= 11 is 5.80. The van der Waals surface area contributed by atoms with E-state index in [1.54, 1.807) is 48.7 Å². The number of rotatable bonds is 13. The first kappa shape index (κ1) is 27.2. The number of halogens is 2. The van der Waals surface area contributed by atoms with E-state index in [1.807, 2.05) is 0 Å². The summed E-state index contributed by atoms with van der Waals surface area (Å²) in [5, 5.41) is 0.00175. The third-order valence-corrected chi connectivity index (χ3v) is 5.80. The molecule has 0 saturated heterocycles. The Morgan fingerprint density at radius 1 is 0.944 bits per heavy atom. The molecule has 0 saturated carbocycles. The van der Waals surface area contributed by atoms with E-state index in [9.17, 15) is 9.18 Å². The maximum atomic E-state index is 13.3. The van der Waals surface area contributed by atoms with E-state index in [0.717, 1.165) is 18.6 Å². The average Bonchev–Trinajstić information content (AvgIpc) is 2.89. The molecule has 3 rings (SSSR count). The number of unbranched alkanes of at least 4 members (excludes halogenated alkanes) is 5. The van der Waals surface area contributed by atoms with Crippen molar-refractivity contribution >= 4 is 29.5 Å². The number of ether oxygens (including phenoxy) is 3. The topological polar surface area (TPSA) is 57.1 Å². The van der Waals surface area contributed by atoms with Gasteiger partial charge in [-0.3, -0.25) is 4.99 Å². The van der Waals surface area contributed by atoms with E-state index in [2.05, 4.69) is 11.9 Å². The Balaban J connectivity index is 1.55. The van der Waals surface area contributed by atoms with Gasteiger partial charge in [-0.05, 0) is 72.6 Å². The minimum Gasteiger partial charge on any atom is -0.494 e. The lowest BCUT2D eigenvalue weighted by Crippen LogP contribution is -2.09. The SMILES string of the molecule is CCCCCCCCOc1ccc(C(=O)Oc2ccc(C=Nc3ccc(F)c(Cl)c3)cc2OC)cc1. The van der Waals surface area contributed by atoms with Gasteiger partial charge in [0.1, 0.15) is 11.6 Å².